The summed E-state index contributed by atoms with van der Waals surface area (Å²) in [4.78, 5) is 31.9. The molecule has 170 valence electrons. The third kappa shape index (κ3) is 6.02. The standard InChI is InChI=1S/C26H27FN4O2/c27-23-11-3-1-8-20(23)17-31-14-6-9-21(18-31)25(32)30-24-12-4-2-10-22(24)26(33)29-16-19-7-5-13-28-15-19/h1-5,7-8,10-13,15,21H,6,9,14,16-18H2,(H,29,33)(H,30,32). The van der Waals surface area contributed by atoms with Crippen LogP contribution in [-0.4, -0.2) is 34.8 Å². The van der Waals surface area contributed by atoms with Gasteiger partial charge in [0.1, 0.15) is 5.82 Å². The van der Waals surface area contributed by atoms with Gasteiger partial charge in [0, 0.05) is 37.6 Å². The Morgan fingerprint density at radius 2 is 1.88 bits per heavy atom. The van der Waals surface area contributed by atoms with Crippen LogP contribution in [0.2, 0.25) is 0 Å². The van der Waals surface area contributed by atoms with Crippen LogP contribution in [0.15, 0.2) is 73.1 Å². The lowest BCUT2D eigenvalue weighted by molar-refractivity contribution is -0.121. The van der Waals surface area contributed by atoms with Crippen LogP contribution < -0.4 is 10.6 Å². The van der Waals surface area contributed by atoms with Gasteiger partial charge in [0.2, 0.25) is 5.91 Å². The second kappa shape index (κ2) is 10.8. The highest BCUT2D eigenvalue weighted by Crippen LogP contribution is 2.23. The van der Waals surface area contributed by atoms with Gasteiger partial charge >= 0.3 is 0 Å². The molecule has 0 saturated carbocycles. The van der Waals surface area contributed by atoms with Gasteiger partial charge in [0.05, 0.1) is 17.2 Å². The summed E-state index contributed by atoms with van der Waals surface area (Å²) in [6.07, 6.45) is 5.00. The molecule has 1 unspecified atom stereocenters. The molecule has 1 aliphatic heterocycles. The number of amides is 2. The summed E-state index contributed by atoms with van der Waals surface area (Å²) in [6.45, 7) is 2.20. The first kappa shape index (κ1) is 22.6. The molecule has 3 aromatic rings. The van der Waals surface area contributed by atoms with Crippen molar-refractivity contribution in [1.29, 1.82) is 0 Å². The third-order valence-electron chi connectivity index (χ3n) is 5.83. The van der Waals surface area contributed by atoms with Gasteiger partial charge in [-0.15, -0.1) is 0 Å². The third-order valence-corrected chi connectivity index (χ3v) is 5.83. The number of nitrogens with one attached hydrogen (secondary N) is 2. The average Bonchev–Trinajstić information content (AvgIpc) is 2.85. The second-order valence-electron chi connectivity index (χ2n) is 8.24. The maximum absolute atomic E-state index is 14.0. The Morgan fingerprint density at radius 1 is 1.06 bits per heavy atom. The lowest BCUT2D eigenvalue weighted by Crippen LogP contribution is -2.40. The smallest absolute Gasteiger partial charge is 0.253 e. The van der Waals surface area contributed by atoms with Crippen molar-refractivity contribution < 1.29 is 14.0 Å². The monoisotopic (exact) mass is 446 g/mol. The van der Waals surface area contributed by atoms with E-state index in [0.717, 1.165) is 24.9 Å². The number of rotatable bonds is 7. The van der Waals surface area contributed by atoms with E-state index in [4.69, 9.17) is 0 Å². The fourth-order valence-corrected chi connectivity index (χ4v) is 4.09. The second-order valence-corrected chi connectivity index (χ2v) is 8.24. The fourth-order valence-electron chi connectivity index (χ4n) is 4.09. The molecule has 4 rings (SSSR count). The van der Waals surface area contributed by atoms with Crippen molar-refractivity contribution in [3.8, 4) is 0 Å². The molecule has 0 spiro atoms. The molecule has 2 N–H and O–H groups in total. The zero-order valence-corrected chi connectivity index (χ0v) is 18.3. The Labute approximate surface area is 192 Å². The molecule has 33 heavy (non-hydrogen) atoms. The van der Waals surface area contributed by atoms with Crippen molar-refractivity contribution in [2.24, 2.45) is 5.92 Å². The normalized spacial score (nSPS) is 16.2. The van der Waals surface area contributed by atoms with Gasteiger partial charge in [0.15, 0.2) is 0 Å². The fraction of sp³-hybridized carbons (Fsp3) is 0.269. The Kier molecular flexibility index (Phi) is 7.42. The SMILES string of the molecule is O=C(NCc1cccnc1)c1ccccc1NC(=O)C1CCCN(Cc2ccccc2F)C1. The number of pyridine rings is 1. The van der Waals surface area contributed by atoms with Crippen LogP contribution in [0.5, 0.6) is 0 Å². The van der Waals surface area contributed by atoms with Gasteiger partial charge in [-0.3, -0.25) is 19.5 Å². The predicted molar refractivity (Wildman–Crippen MR) is 125 cm³/mol. The van der Waals surface area contributed by atoms with Crippen molar-refractivity contribution >= 4 is 17.5 Å². The highest BCUT2D eigenvalue weighted by Gasteiger charge is 2.27. The summed E-state index contributed by atoms with van der Waals surface area (Å²) < 4.78 is 14.0. The molecule has 1 saturated heterocycles. The Morgan fingerprint density at radius 3 is 2.70 bits per heavy atom. The summed E-state index contributed by atoms with van der Waals surface area (Å²) >= 11 is 0. The Balaban J connectivity index is 1.38. The Hall–Kier alpha value is -3.58. The highest BCUT2D eigenvalue weighted by molar-refractivity contribution is 6.04. The van der Waals surface area contributed by atoms with E-state index in [-0.39, 0.29) is 23.5 Å². The molecule has 1 fully saturated rings. The van der Waals surface area contributed by atoms with Crippen LogP contribution in [0.3, 0.4) is 0 Å². The molecule has 2 aromatic carbocycles. The van der Waals surface area contributed by atoms with Crippen molar-refractivity contribution in [3.05, 3.63) is 95.6 Å². The Bertz CT molecular complexity index is 1110. The summed E-state index contributed by atoms with van der Waals surface area (Å²) in [5, 5.41) is 5.82. The molecular formula is C26H27FN4O2. The van der Waals surface area contributed by atoms with E-state index in [1.807, 2.05) is 18.2 Å². The molecule has 2 heterocycles. The van der Waals surface area contributed by atoms with Gasteiger partial charge in [-0.1, -0.05) is 36.4 Å². The summed E-state index contributed by atoms with van der Waals surface area (Å²) in [5.74, 6) is -0.840. The first-order valence-electron chi connectivity index (χ1n) is 11.1. The number of carbonyl (C=O) groups excluding carboxylic acids is 2. The number of aromatic nitrogens is 1. The van der Waals surface area contributed by atoms with Crippen molar-refractivity contribution in [3.63, 3.8) is 0 Å². The molecule has 1 aliphatic rings. The van der Waals surface area contributed by atoms with Crippen LogP contribution in [0.1, 0.15) is 34.3 Å². The molecule has 1 aromatic heterocycles. The van der Waals surface area contributed by atoms with Gasteiger partial charge in [-0.2, -0.15) is 0 Å². The predicted octanol–water partition coefficient (Wildman–Crippen LogP) is 4.00. The van der Waals surface area contributed by atoms with Crippen LogP contribution in [-0.2, 0) is 17.9 Å². The summed E-state index contributed by atoms with van der Waals surface area (Å²) in [7, 11) is 0. The number of para-hydroxylation sites is 1. The molecule has 2 amide bonds. The molecule has 1 atom stereocenters. The van der Waals surface area contributed by atoms with Crippen LogP contribution in [0.25, 0.3) is 0 Å². The molecule has 7 heteroatoms. The molecule has 0 aliphatic carbocycles. The maximum atomic E-state index is 14.0. The van der Waals surface area contributed by atoms with Crippen LogP contribution in [0, 0.1) is 11.7 Å². The van der Waals surface area contributed by atoms with E-state index >= 15 is 0 Å². The van der Waals surface area contributed by atoms with E-state index in [0.29, 0.717) is 36.4 Å². The number of hydrogen-bond donors (Lipinski definition) is 2. The summed E-state index contributed by atoms with van der Waals surface area (Å²) in [6, 6.07) is 17.4. The van der Waals surface area contributed by atoms with Gasteiger partial charge < -0.3 is 10.6 Å². The minimum Gasteiger partial charge on any atom is -0.348 e. The average molecular weight is 447 g/mol. The highest BCUT2D eigenvalue weighted by atomic mass is 19.1. The number of benzene rings is 2. The maximum Gasteiger partial charge on any atom is 0.253 e. The quantitative estimate of drug-likeness (QED) is 0.575. The molecule has 0 bridgehead atoms. The van der Waals surface area contributed by atoms with E-state index in [2.05, 4.69) is 20.5 Å². The minimum absolute atomic E-state index is 0.124. The first-order chi connectivity index (χ1) is 16.1. The molecule has 0 radical (unpaired) electrons. The van der Waals surface area contributed by atoms with Gasteiger partial charge in [-0.05, 0) is 49.2 Å². The van der Waals surface area contributed by atoms with E-state index in [1.54, 1.807) is 48.8 Å². The minimum atomic E-state index is -0.264. The van der Waals surface area contributed by atoms with Crippen molar-refractivity contribution in [2.75, 3.05) is 18.4 Å². The molecule has 6 nitrogen and oxygen atoms in total. The summed E-state index contributed by atoms with van der Waals surface area (Å²) in [5.41, 5.74) is 2.42. The number of hydrogen-bond acceptors (Lipinski definition) is 4. The van der Waals surface area contributed by atoms with Crippen LogP contribution in [0.4, 0.5) is 10.1 Å². The largest absolute Gasteiger partial charge is 0.348 e. The van der Waals surface area contributed by atoms with Crippen LogP contribution >= 0.6 is 0 Å². The van der Waals surface area contributed by atoms with Gasteiger partial charge in [-0.25, -0.2) is 4.39 Å². The number of anilines is 1. The number of carbonyl (C=O) groups is 2. The lowest BCUT2D eigenvalue weighted by Gasteiger charge is -2.32. The van der Waals surface area contributed by atoms with Crippen molar-refractivity contribution in [1.82, 2.24) is 15.2 Å². The molecular weight excluding hydrogens is 419 g/mol. The first-order valence-corrected chi connectivity index (χ1v) is 11.1. The number of nitrogens with zero attached hydrogens (tertiary/aromatic N) is 2. The number of piperidine rings is 1. The zero-order chi connectivity index (χ0) is 23.0. The van der Waals surface area contributed by atoms with E-state index in [9.17, 15) is 14.0 Å². The van der Waals surface area contributed by atoms with Crippen molar-refractivity contribution in [2.45, 2.75) is 25.9 Å². The van der Waals surface area contributed by atoms with Gasteiger partial charge in [0.25, 0.3) is 5.91 Å². The topological polar surface area (TPSA) is 74.3 Å². The van der Waals surface area contributed by atoms with E-state index in [1.165, 1.54) is 6.07 Å². The number of halogens is 1. The number of likely N-dealkylation sites (tertiary alicyclic amines) is 1. The zero-order valence-electron chi connectivity index (χ0n) is 18.3. The lowest BCUT2D eigenvalue weighted by atomic mass is 9.96. The van der Waals surface area contributed by atoms with E-state index < -0.39 is 0 Å².